The predicted octanol–water partition coefficient (Wildman–Crippen LogP) is 5.08. The van der Waals surface area contributed by atoms with Crippen LogP contribution in [0.25, 0.3) is 22.2 Å². The van der Waals surface area contributed by atoms with Gasteiger partial charge in [-0.2, -0.15) is 0 Å². The number of nitrogens with one attached hydrogen (secondary N) is 2. The molecule has 0 spiro atoms. The third-order valence-electron chi connectivity index (χ3n) is 5.76. The van der Waals surface area contributed by atoms with Crippen molar-refractivity contribution in [2.75, 3.05) is 6.54 Å². The molecule has 4 rings (SSSR count). The minimum absolute atomic E-state index is 0.238. The number of hydrogen-bond donors (Lipinski definition) is 3. The first kappa shape index (κ1) is 23.0. The lowest BCUT2D eigenvalue weighted by Gasteiger charge is -2.29. The van der Waals surface area contributed by atoms with Crippen LogP contribution in [-0.4, -0.2) is 50.5 Å². The first-order chi connectivity index (χ1) is 15.5. The van der Waals surface area contributed by atoms with Gasteiger partial charge >= 0.3 is 6.09 Å². The van der Waals surface area contributed by atoms with Crippen LogP contribution < -0.4 is 5.32 Å². The van der Waals surface area contributed by atoms with E-state index in [2.05, 4.69) is 15.3 Å². The van der Waals surface area contributed by atoms with Gasteiger partial charge in [0.15, 0.2) is 0 Å². The van der Waals surface area contributed by atoms with Gasteiger partial charge in [0.1, 0.15) is 11.9 Å². The van der Waals surface area contributed by atoms with Crippen LogP contribution in [0, 0.1) is 5.92 Å². The van der Waals surface area contributed by atoms with Crippen LogP contribution in [-0.2, 0) is 4.79 Å². The maximum absolute atomic E-state index is 14.4. The van der Waals surface area contributed by atoms with Crippen molar-refractivity contribution < 1.29 is 23.5 Å². The fraction of sp³-hybridized carbons (Fsp3) is 0.348. The first-order valence-corrected chi connectivity index (χ1v) is 10.9. The Hall–Kier alpha value is -3.20. The van der Waals surface area contributed by atoms with Crippen LogP contribution in [0.5, 0.6) is 0 Å². The van der Waals surface area contributed by atoms with E-state index >= 15 is 0 Å². The fourth-order valence-electron chi connectivity index (χ4n) is 4.13. The van der Waals surface area contributed by atoms with Crippen LogP contribution in [0.3, 0.4) is 0 Å². The topological polar surface area (TPSA) is 98.3 Å². The van der Waals surface area contributed by atoms with Gasteiger partial charge in [-0.05, 0) is 41.3 Å². The quantitative estimate of drug-likeness (QED) is 0.478. The van der Waals surface area contributed by atoms with E-state index in [9.17, 15) is 18.4 Å². The molecule has 3 aromatic rings. The van der Waals surface area contributed by atoms with E-state index in [4.69, 9.17) is 16.7 Å². The van der Waals surface area contributed by atoms with Gasteiger partial charge in [0.25, 0.3) is 5.92 Å². The zero-order valence-electron chi connectivity index (χ0n) is 18.0. The molecule has 3 N–H and O–H groups in total. The minimum atomic E-state index is -3.11. The lowest BCUT2D eigenvalue weighted by Crippen LogP contribution is -2.51. The van der Waals surface area contributed by atoms with Crippen LogP contribution in [0.1, 0.15) is 32.1 Å². The molecule has 33 heavy (non-hydrogen) atoms. The number of alkyl halides is 2. The Morgan fingerprint density at radius 2 is 1.88 bits per heavy atom. The van der Waals surface area contributed by atoms with Crippen LogP contribution in [0.15, 0.2) is 42.5 Å². The summed E-state index contributed by atoms with van der Waals surface area (Å²) >= 11 is 5.96. The number of rotatable bonds is 5. The van der Waals surface area contributed by atoms with Crippen molar-refractivity contribution in [1.29, 1.82) is 0 Å². The van der Waals surface area contributed by atoms with E-state index in [0.717, 1.165) is 16.0 Å². The van der Waals surface area contributed by atoms with E-state index in [1.165, 1.54) is 0 Å². The molecule has 1 saturated heterocycles. The van der Waals surface area contributed by atoms with Gasteiger partial charge < -0.3 is 20.3 Å². The van der Waals surface area contributed by atoms with E-state index in [-0.39, 0.29) is 5.82 Å². The van der Waals surface area contributed by atoms with Crippen molar-refractivity contribution in [2.24, 2.45) is 5.92 Å². The standard InChI is InChI=1S/C23H23ClF2N4O3/c1-12(2)19(29-22(32)33)21(31)30-11-23(25,26)10-18(30)20-27-16-8-5-14(9-17(16)28-20)13-3-6-15(24)7-4-13/h3-9,12,18-19,29H,10-11H2,1-2H3,(H,27,28)(H,32,33). The number of carboxylic acid groups (broad SMARTS) is 1. The molecule has 0 radical (unpaired) electrons. The molecular weight excluding hydrogens is 454 g/mol. The molecule has 0 aliphatic carbocycles. The number of carbonyl (C=O) groups is 2. The smallest absolute Gasteiger partial charge is 0.405 e. The maximum Gasteiger partial charge on any atom is 0.405 e. The van der Waals surface area contributed by atoms with Gasteiger partial charge in [-0.3, -0.25) is 4.79 Å². The number of aromatic nitrogens is 2. The number of fused-ring (bicyclic) bond motifs is 1. The average molecular weight is 477 g/mol. The summed E-state index contributed by atoms with van der Waals surface area (Å²) in [5.41, 5.74) is 3.05. The van der Waals surface area contributed by atoms with Crippen molar-refractivity contribution in [3.8, 4) is 11.1 Å². The van der Waals surface area contributed by atoms with E-state index < -0.39 is 48.9 Å². The average Bonchev–Trinajstić information content (AvgIpc) is 3.31. The largest absolute Gasteiger partial charge is 0.465 e. The summed E-state index contributed by atoms with van der Waals surface area (Å²) in [5.74, 6) is -3.99. The van der Waals surface area contributed by atoms with Gasteiger partial charge in [0, 0.05) is 11.4 Å². The molecule has 1 aromatic heterocycles. The number of carbonyl (C=O) groups excluding carboxylic acids is 1. The molecule has 2 aromatic carbocycles. The molecule has 0 saturated carbocycles. The number of aromatic amines is 1. The number of benzene rings is 2. The highest BCUT2D eigenvalue weighted by atomic mass is 35.5. The number of amides is 2. The number of likely N-dealkylation sites (tertiary alicyclic amines) is 1. The normalized spacial score (nSPS) is 18.6. The summed E-state index contributed by atoms with van der Waals surface area (Å²) in [6.45, 7) is 2.51. The second kappa shape index (κ2) is 8.62. The molecule has 7 nitrogen and oxygen atoms in total. The molecule has 0 bridgehead atoms. The van der Waals surface area contributed by atoms with Gasteiger partial charge in [-0.15, -0.1) is 0 Å². The Morgan fingerprint density at radius 3 is 2.52 bits per heavy atom. The molecule has 1 fully saturated rings. The number of nitrogens with zero attached hydrogens (tertiary/aromatic N) is 2. The molecule has 174 valence electrons. The van der Waals surface area contributed by atoms with Crippen LogP contribution >= 0.6 is 11.6 Å². The fourth-order valence-corrected chi connectivity index (χ4v) is 4.25. The SMILES string of the molecule is CC(C)C(NC(=O)O)C(=O)N1CC(F)(F)CC1c1nc2ccc(-c3ccc(Cl)cc3)cc2[nH]1. The van der Waals surface area contributed by atoms with Crippen molar-refractivity contribution in [3.05, 3.63) is 53.3 Å². The van der Waals surface area contributed by atoms with Gasteiger partial charge in [0.05, 0.1) is 23.6 Å². The summed E-state index contributed by atoms with van der Waals surface area (Å²) in [7, 11) is 0. The lowest BCUT2D eigenvalue weighted by atomic mass is 10.0. The predicted molar refractivity (Wildman–Crippen MR) is 120 cm³/mol. The lowest BCUT2D eigenvalue weighted by molar-refractivity contribution is -0.136. The third-order valence-corrected chi connectivity index (χ3v) is 6.01. The highest BCUT2D eigenvalue weighted by molar-refractivity contribution is 6.30. The molecular formula is C23H23ClF2N4O3. The van der Waals surface area contributed by atoms with Crippen molar-refractivity contribution in [1.82, 2.24) is 20.2 Å². The monoisotopic (exact) mass is 476 g/mol. The molecule has 1 aliphatic rings. The second-order valence-electron chi connectivity index (χ2n) is 8.57. The molecule has 2 atom stereocenters. The number of hydrogen-bond acceptors (Lipinski definition) is 3. The Labute approximate surface area is 193 Å². The maximum atomic E-state index is 14.4. The van der Waals surface area contributed by atoms with Crippen molar-refractivity contribution in [3.63, 3.8) is 0 Å². The number of halogens is 3. The van der Waals surface area contributed by atoms with Crippen LogP contribution in [0.4, 0.5) is 13.6 Å². The Kier molecular flexibility index (Phi) is 6.00. The second-order valence-corrected chi connectivity index (χ2v) is 9.01. The minimum Gasteiger partial charge on any atom is -0.465 e. The summed E-state index contributed by atoms with van der Waals surface area (Å²) in [4.78, 5) is 32.8. The molecule has 2 amide bonds. The van der Waals surface area contributed by atoms with Gasteiger partial charge in [-0.1, -0.05) is 43.6 Å². The van der Waals surface area contributed by atoms with Crippen molar-refractivity contribution in [2.45, 2.75) is 38.3 Å². The zero-order chi connectivity index (χ0) is 23.9. The van der Waals surface area contributed by atoms with E-state index in [1.54, 1.807) is 32.0 Å². The first-order valence-electron chi connectivity index (χ1n) is 10.5. The highest BCUT2D eigenvalue weighted by Crippen LogP contribution is 2.41. The van der Waals surface area contributed by atoms with Crippen molar-refractivity contribution >= 4 is 34.6 Å². The van der Waals surface area contributed by atoms with Gasteiger partial charge in [0.2, 0.25) is 5.91 Å². The Morgan fingerprint density at radius 1 is 1.21 bits per heavy atom. The summed E-state index contributed by atoms with van der Waals surface area (Å²) < 4.78 is 28.8. The number of H-pyrrole nitrogens is 1. The van der Waals surface area contributed by atoms with Gasteiger partial charge in [-0.25, -0.2) is 18.6 Å². The number of imidazole rings is 1. The third kappa shape index (κ3) is 4.78. The zero-order valence-corrected chi connectivity index (χ0v) is 18.7. The molecule has 2 heterocycles. The molecule has 2 unspecified atom stereocenters. The van der Waals surface area contributed by atoms with E-state index in [0.29, 0.717) is 16.1 Å². The summed E-state index contributed by atoms with van der Waals surface area (Å²) in [6, 6.07) is 10.7. The summed E-state index contributed by atoms with van der Waals surface area (Å²) in [6.07, 6.45) is -1.98. The highest BCUT2D eigenvalue weighted by Gasteiger charge is 2.50. The van der Waals surface area contributed by atoms with E-state index in [1.807, 2.05) is 24.3 Å². The van der Waals surface area contributed by atoms with Crippen LogP contribution in [0.2, 0.25) is 5.02 Å². The Balaban J connectivity index is 1.67. The Bertz CT molecular complexity index is 1200. The summed E-state index contributed by atoms with van der Waals surface area (Å²) in [5, 5.41) is 11.9. The molecule has 1 aliphatic heterocycles. The molecule has 10 heteroatoms.